The van der Waals surface area contributed by atoms with E-state index in [0.29, 0.717) is 5.96 Å². The zero-order chi connectivity index (χ0) is 15.5. The standard InChI is InChI=1S/C14H24F3N3O.HI/c1-18-13(19-8-12(21)14(15,16)17)20-11-6-5-9-3-2-4-10(9)7-11;/h9-12,21H,2-8H2,1H3,(H2,18,19,20);1H. The van der Waals surface area contributed by atoms with Crippen molar-refractivity contribution in [2.75, 3.05) is 13.6 Å². The van der Waals surface area contributed by atoms with Crippen molar-refractivity contribution in [2.45, 2.75) is 56.8 Å². The van der Waals surface area contributed by atoms with Gasteiger partial charge in [-0.2, -0.15) is 13.2 Å². The number of alkyl halides is 3. The fraction of sp³-hybridized carbons (Fsp3) is 0.929. The third-order valence-corrected chi connectivity index (χ3v) is 4.69. The van der Waals surface area contributed by atoms with Gasteiger partial charge in [0.15, 0.2) is 12.1 Å². The van der Waals surface area contributed by atoms with Crippen molar-refractivity contribution in [3.05, 3.63) is 0 Å². The van der Waals surface area contributed by atoms with Crippen LogP contribution < -0.4 is 10.6 Å². The van der Waals surface area contributed by atoms with Crippen LogP contribution in [0.3, 0.4) is 0 Å². The van der Waals surface area contributed by atoms with E-state index in [4.69, 9.17) is 5.11 Å². The van der Waals surface area contributed by atoms with Gasteiger partial charge in [-0.1, -0.05) is 19.3 Å². The molecule has 0 heterocycles. The Kier molecular flexibility index (Phi) is 7.70. The first kappa shape index (κ1) is 19.8. The van der Waals surface area contributed by atoms with Gasteiger partial charge in [0, 0.05) is 13.1 Å². The second-order valence-corrected chi connectivity index (χ2v) is 6.12. The molecular formula is C14H25F3IN3O. The lowest BCUT2D eigenvalue weighted by atomic mass is 9.79. The van der Waals surface area contributed by atoms with Gasteiger partial charge in [-0.25, -0.2) is 0 Å². The molecule has 3 N–H and O–H groups in total. The molecular weight excluding hydrogens is 410 g/mol. The predicted octanol–water partition coefficient (Wildman–Crippen LogP) is 2.66. The minimum Gasteiger partial charge on any atom is -0.382 e. The van der Waals surface area contributed by atoms with Crippen LogP contribution in [0.2, 0.25) is 0 Å². The molecule has 4 unspecified atom stereocenters. The van der Waals surface area contributed by atoms with Gasteiger partial charge in [0.2, 0.25) is 0 Å². The summed E-state index contributed by atoms with van der Waals surface area (Å²) in [4.78, 5) is 3.94. The van der Waals surface area contributed by atoms with E-state index >= 15 is 0 Å². The molecule has 0 aromatic rings. The van der Waals surface area contributed by atoms with Crippen LogP contribution >= 0.6 is 24.0 Å². The van der Waals surface area contributed by atoms with E-state index in [1.165, 1.54) is 32.7 Å². The fourth-order valence-electron chi connectivity index (χ4n) is 3.53. The van der Waals surface area contributed by atoms with Gasteiger partial charge in [0.05, 0.1) is 6.54 Å². The van der Waals surface area contributed by atoms with Crippen LogP contribution in [-0.2, 0) is 0 Å². The molecule has 8 heteroatoms. The molecule has 0 amide bonds. The average Bonchev–Trinajstić information content (AvgIpc) is 2.89. The van der Waals surface area contributed by atoms with E-state index in [0.717, 1.165) is 24.7 Å². The molecule has 0 aromatic carbocycles. The van der Waals surface area contributed by atoms with E-state index < -0.39 is 18.8 Å². The molecule has 2 aliphatic rings. The number of halogens is 4. The number of guanidine groups is 1. The lowest BCUT2D eigenvalue weighted by Gasteiger charge is -2.33. The molecule has 0 aromatic heterocycles. The Hall–Kier alpha value is -0.250. The summed E-state index contributed by atoms with van der Waals surface area (Å²) < 4.78 is 36.8. The van der Waals surface area contributed by atoms with E-state index in [-0.39, 0.29) is 30.0 Å². The highest BCUT2D eigenvalue weighted by Crippen LogP contribution is 2.41. The molecule has 2 saturated carbocycles. The highest BCUT2D eigenvalue weighted by Gasteiger charge is 2.38. The Balaban J connectivity index is 0.00000242. The number of rotatable bonds is 3. The minimum atomic E-state index is -4.60. The molecule has 2 rings (SSSR count). The molecule has 4 nitrogen and oxygen atoms in total. The number of nitrogens with one attached hydrogen (secondary N) is 2. The first-order valence-electron chi connectivity index (χ1n) is 7.62. The first-order chi connectivity index (χ1) is 9.90. The predicted molar refractivity (Wildman–Crippen MR) is 90.4 cm³/mol. The topological polar surface area (TPSA) is 56.7 Å². The third kappa shape index (κ3) is 5.43. The van der Waals surface area contributed by atoms with Crippen LogP contribution in [-0.4, -0.2) is 43.0 Å². The Labute approximate surface area is 146 Å². The van der Waals surface area contributed by atoms with Crippen molar-refractivity contribution in [2.24, 2.45) is 16.8 Å². The Morgan fingerprint density at radius 1 is 1.23 bits per heavy atom. The maximum absolute atomic E-state index is 12.3. The molecule has 130 valence electrons. The zero-order valence-corrected chi connectivity index (χ0v) is 15.0. The van der Waals surface area contributed by atoms with E-state index in [9.17, 15) is 13.2 Å². The van der Waals surface area contributed by atoms with Gasteiger partial charge in [-0.05, 0) is 31.1 Å². The molecule has 0 radical (unpaired) electrons. The summed E-state index contributed by atoms with van der Waals surface area (Å²) in [5.74, 6) is 1.92. The Morgan fingerprint density at radius 3 is 2.55 bits per heavy atom. The highest BCUT2D eigenvalue weighted by molar-refractivity contribution is 14.0. The molecule has 2 aliphatic carbocycles. The monoisotopic (exact) mass is 435 g/mol. The summed E-state index contributed by atoms with van der Waals surface area (Å²) in [6.07, 6.45) is 0.188. The lowest BCUT2D eigenvalue weighted by molar-refractivity contribution is -0.201. The number of hydrogen-bond donors (Lipinski definition) is 3. The number of fused-ring (bicyclic) bond motifs is 1. The van der Waals surface area contributed by atoms with Crippen molar-refractivity contribution in [3.63, 3.8) is 0 Å². The van der Waals surface area contributed by atoms with Gasteiger partial charge in [0.25, 0.3) is 0 Å². The maximum Gasteiger partial charge on any atom is 0.416 e. The van der Waals surface area contributed by atoms with Gasteiger partial charge < -0.3 is 15.7 Å². The molecule has 4 atom stereocenters. The summed E-state index contributed by atoms with van der Waals surface area (Å²) in [5, 5.41) is 14.7. The number of aliphatic imine (C=N–C) groups is 1. The van der Waals surface area contributed by atoms with Crippen LogP contribution in [0.1, 0.15) is 38.5 Å². The molecule has 0 aliphatic heterocycles. The van der Waals surface area contributed by atoms with Crippen LogP contribution in [0.25, 0.3) is 0 Å². The quantitative estimate of drug-likeness (QED) is 0.363. The Morgan fingerprint density at radius 2 is 1.91 bits per heavy atom. The average molecular weight is 435 g/mol. The van der Waals surface area contributed by atoms with Crippen LogP contribution in [0.5, 0.6) is 0 Å². The van der Waals surface area contributed by atoms with Crippen molar-refractivity contribution >= 4 is 29.9 Å². The SMILES string of the molecule is CN=C(NCC(O)C(F)(F)F)NC1CCC2CCCC2C1.I. The molecule has 22 heavy (non-hydrogen) atoms. The number of aliphatic hydroxyl groups excluding tert-OH is 1. The summed E-state index contributed by atoms with van der Waals surface area (Å²) in [6.45, 7) is -0.581. The van der Waals surface area contributed by atoms with Gasteiger partial charge in [-0.15, -0.1) is 24.0 Å². The zero-order valence-electron chi connectivity index (χ0n) is 12.7. The second-order valence-electron chi connectivity index (χ2n) is 6.12. The minimum absolute atomic E-state index is 0. The fourth-order valence-corrected chi connectivity index (χ4v) is 3.53. The van der Waals surface area contributed by atoms with Gasteiger partial charge in [0.1, 0.15) is 0 Å². The van der Waals surface area contributed by atoms with Gasteiger partial charge >= 0.3 is 6.18 Å². The smallest absolute Gasteiger partial charge is 0.382 e. The van der Waals surface area contributed by atoms with Crippen molar-refractivity contribution < 1.29 is 18.3 Å². The normalized spacial score (nSPS) is 30.2. The summed E-state index contributed by atoms with van der Waals surface area (Å²) in [5.41, 5.74) is 0. The van der Waals surface area contributed by atoms with Crippen molar-refractivity contribution in [1.29, 1.82) is 0 Å². The largest absolute Gasteiger partial charge is 0.416 e. The summed E-state index contributed by atoms with van der Waals surface area (Å²) in [7, 11) is 1.52. The summed E-state index contributed by atoms with van der Waals surface area (Å²) >= 11 is 0. The van der Waals surface area contributed by atoms with Gasteiger partial charge in [-0.3, -0.25) is 4.99 Å². The van der Waals surface area contributed by atoms with E-state index in [1.54, 1.807) is 0 Å². The number of nitrogens with zero attached hydrogens (tertiary/aromatic N) is 1. The molecule has 0 spiro atoms. The summed E-state index contributed by atoms with van der Waals surface area (Å²) in [6, 6.07) is 0.263. The number of hydrogen-bond acceptors (Lipinski definition) is 2. The third-order valence-electron chi connectivity index (χ3n) is 4.69. The maximum atomic E-state index is 12.3. The van der Waals surface area contributed by atoms with Crippen LogP contribution in [0, 0.1) is 11.8 Å². The first-order valence-corrected chi connectivity index (χ1v) is 7.62. The van der Waals surface area contributed by atoms with Crippen LogP contribution in [0.4, 0.5) is 13.2 Å². The Bertz CT molecular complexity index is 379. The lowest BCUT2D eigenvalue weighted by Crippen LogP contribution is -2.49. The molecule has 0 bridgehead atoms. The highest BCUT2D eigenvalue weighted by atomic mass is 127. The number of aliphatic hydroxyl groups is 1. The van der Waals surface area contributed by atoms with Crippen molar-refractivity contribution in [1.82, 2.24) is 10.6 Å². The second kappa shape index (κ2) is 8.56. The molecule has 0 saturated heterocycles. The van der Waals surface area contributed by atoms with Crippen molar-refractivity contribution in [3.8, 4) is 0 Å². The van der Waals surface area contributed by atoms with Crippen LogP contribution in [0.15, 0.2) is 4.99 Å². The van der Waals surface area contributed by atoms with E-state index in [1.807, 2.05) is 0 Å². The van der Waals surface area contributed by atoms with E-state index in [2.05, 4.69) is 15.6 Å². The molecule has 2 fully saturated rings.